The van der Waals surface area contributed by atoms with Crippen molar-refractivity contribution in [3.05, 3.63) is 53.1 Å². The number of nitrogens with zero attached hydrogens (tertiary/aromatic N) is 1. The molecule has 2 aliphatic rings. The van der Waals surface area contributed by atoms with Gasteiger partial charge in [-0.05, 0) is 56.2 Å². The maximum absolute atomic E-state index is 6.52. The fraction of sp³-hybridized carbons (Fsp3) is 0.350. The summed E-state index contributed by atoms with van der Waals surface area (Å²) in [6, 6.07) is 12.5. The van der Waals surface area contributed by atoms with E-state index in [0.29, 0.717) is 5.11 Å². The van der Waals surface area contributed by atoms with Crippen molar-refractivity contribution in [2.45, 2.75) is 39.0 Å². The molecule has 2 atom stereocenters. The van der Waals surface area contributed by atoms with Crippen LogP contribution in [0.3, 0.4) is 0 Å². The van der Waals surface area contributed by atoms with Gasteiger partial charge in [0.2, 0.25) is 0 Å². The van der Waals surface area contributed by atoms with Crippen LogP contribution in [0.25, 0.3) is 0 Å². The van der Waals surface area contributed by atoms with E-state index >= 15 is 0 Å². The lowest BCUT2D eigenvalue weighted by Gasteiger charge is -2.52. The van der Waals surface area contributed by atoms with E-state index in [0.717, 1.165) is 29.2 Å². The summed E-state index contributed by atoms with van der Waals surface area (Å²) >= 11 is 5.73. The number of thiocarbonyl (C=S) groups is 1. The lowest BCUT2D eigenvalue weighted by Crippen LogP contribution is -2.65. The standard InChI is InChI=1S/C20H22N2O2S/c1-12-8-9-13(2)16(10-12)22-19(25)21-15-11-20(22,3)24-18-14(15)6-5-7-17(18)23-4/h5-10,15H,11H2,1-4H3,(H,21,25)/t15-,20+/m1/s1. The van der Waals surface area contributed by atoms with Crippen molar-refractivity contribution < 1.29 is 9.47 Å². The Hall–Kier alpha value is -2.27. The molecule has 0 radical (unpaired) electrons. The minimum absolute atomic E-state index is 0.123. The Labute approximate surface area is 153 Å². The third-order valence-corrected chi connectivity index (χ3v) is 5.39. The summed E-state index contributed by atoms with van der Waals surface area (Å²) < 4.78 is 12.0. The monoisotopic (exact) mass is 354 g/mol. The van der Waals surface area contributed by atoms with Crippen molar-refractivity contribution in [1.29, 1.82) is 0 Å². The van der Waals surface area contributed by atoms with Gasteiger partial charge in [0.25, 0.3) is 0 Å². The molecule has 2 aromatic carbocycles. The highest BCUT2D eigenvalue weighted by atomic mass is 32.1. The number of para-hydroxylation sites is 1. The molecule has 2 bridgehead atoms. The molecule has 0 saturated carbocycles. The van der Waals surface area contributed by atoms with Crippen molar-refractivity contribution in [2.24, 2.45) is 0 Å². The average molecular weight is 354 g/mol. The van der Waals surface area contributed by atoms with Crippen LogP contribution in [-0.2, 0) is 0 Å². The maximum Gasteiger partial charge on any atom is 0.188 e. The number of nitrogens with one attached hydrogen (secondary N) is 1. The second-order valence-electron chi connectivity index (χ2n) is 6.99. The molecule has 0 spiro atoms. The predicted molar refractivity (Wildman–Crippen MR) is 104 cm³/mol. The highest BCUT2D eigenvalue weighted by Crippen LogP contribution is 2.49. The van der Waals surface area contributed by atoms with Crippen LogP contribution in [0.4, 0.5) is 5.69 Å². The van der Waals surface area contributed by atoms with E-state index < -0.39 is 5.72 Å². The number of hydrogen-bond donors (Lipinski definition) is 1. The Bertz CT molecular complexity index is 867. The van der Waals surface area contributed by atoms with Gasteiger partial charge in [-0.2, -0.15) is 0 Å². The smallest absolute Gasteiger partial charge is 0.188 e. The van der Waals surface area contributed by atoms with Crippen LogP contribution in [0.2, 0.25) is 0 Å². The lowest BCUT2D eigenvalue weighted by molar-refractivity contribution is 0.0463. The van der Waals surface area contributed by atoms with Crippen LogP contribution < -0.4 is 19.7 Å². The number of benzene rings is 2. The van der Waals surface area contributed by atoms with Crippen LogP contribution >= 0.6 is 12.2 Å². The molecule has 4 rings (SSSR count). The summed E-state index contributed by atoms with van der Waals surface area (Å²) in [5, 5.41) is 4.19. The van der Waals surface area contributed by atoms with Gasteiger partial charge in [0.15, 0.2) is 22.3 Å². The first-order valence-electron chi connectivity index (χ1n) is 8.47. The quantitative estimate of drug-likeness (QED) is 0.816. The van der Waals surface area contributed by atoms with E-state index in [2.05, 4.69) is 55.3 Å². The number of ether oxygens (including phenoxy) is 2. The zero-order chi connectivity index (χ0) is 17.8. The van der Waals surface area contributed by atoms with E-state index in [1.807, 2.05) is 12.1 Å². The van der Waals surface area contributed by atoms with Gasteiger partial charge >= 0.3 is 0 Å². The molecule has 0 aromatic heterocycles. The molecule has 0 unspecified atom stereocenters. The largest absolute Gasteiger partial charge is 0.493 e. The number of rotatable bonds is 2. The topological polar surface area (TPSA) is 33.7 Å². The molecule has 4 nitrogen and oxygen atoms in total. The van der Waals surface area contributed by atoms with Gasteiger partial charge in [0.05, 0.1) is 18.8 Å². The highest BCUT2D eigenvalue weighted by molar-refractivity contribution is 7.80. The summed E-state index contributed by atoms with van der Waals surface area (Å²) in [6.45, 7) is 6.29. The molecule has 2 aliphatic heterocycles. The van der Waals surface area contributed by atoms with Gasteiger partial charge in [-0.1, -0.05) is 24.3 Å². The predicted octanol–water partition coefficient (Wildman–Crippen LogP) is 4.25. The van der Waals surface area contributed by atoms with E-state index in [-0.39, 0.29) is 6.04 Å². The van der Waals surface area contributed by atoms with Crippen molar-refractivity contribution >= 4 is 23.0 Å². The number of aryl methyl sites for hydroxylation is 2. The maximum atomic E-state index is 6.52. The third kappa shape index (κ3) is 2.45. The summed E-state index contributed by atoms with van der Waals surface area (Å²) in [6.07, 6.45) is 0.806. The Balaban J connectivity index is 1.86. The first kappa shape index (κ1) is 16.2. The molecule has 1 N–H and O–H groups in total. The number of methoxy groups -OCH3 is 1. The van der Waals surface area contributed by atoms with Crippen molar-refractivity contribution in [3.8, 4) is 11.5 Å². The first-order valence-corrected chi connectivity index (χ1v) is 8.88. The zero-order valence-electron chi connectivity index (χ0n) is 14.9. The van der Waals surface area contributed by atoms with Crippen molar-refractivity contribution in [2.75, 3.05) is 12.0 Å². The second kappa shape index (κ2) is 5.63. The normalized spacial score (nSPS) is 24.2. The van der Waals surface area contributed by atoms with Crippen molar-refractivity contribution in [1.82, 2.24) is 5.32 Å². The molecular formula is C20H22N2O2S. The van der Waals surface area contributed by atoms with Gasteiger partial charge < -0.3 is 14.8 Å². The van der Waals surface area contributed by atoms with E-state index in [4.69, 9.17) is 21.7 Å². The Morgan fingerprint density at radius 3 is 2.84 bits per heavy atom. The number of fused-ring (bicyclic) bond motifs is 4. The molecule has 25 heavy (non-hydrogen) atoms. The van der Waals surface area contributed by atoms with Crippen LogP contribution in [0.1, 0.15) is 36.1 Å². The fourth-order valence-corrected chi connectivity index (χ4v) is 4.28. The summed E-state index contributed by atoms with van der Waals surface area (Å²) in [5.74, 6) is 1.55. The van der Waals surface area contributed by atoms with Gasteiger partial charge in [-0.3, -0.25) is 4.90 Å². The number of anilines is 1. The highest BCUT2D eigenvalue weighted by Gasteiger charge is 2.49. The van der Waals surface area contributed by atoms with Crippen LogP contribution in [0.5, 0.6) is 11.5 Å². The second-order valence-corrected chi connectivity index (χ2v) is 7.37. The molecular weight excluding hydrogens is 332 g/mol. The van der Waals surface area contributed by atoms with Crippen LogP contribution in [0.15, 0.2) is 36.4 Å². The first-order chi connectivity index (χ1) is 11.9. The molecule has 2 heterocycles. The minimum Gasteiger partial charge on any atom is -0.493 e. The summed E-state index contributed by atoms with van der Waals surface area (Å²) in [5.41, 5.74) is 3.98. The zero-order valence-corrected chi connectivity index (χ0v) is 15.7. The third-order valence-electron chi connectivity index (χ3n) is 5.09. The Morgan fingerprint density at radius 2 is 2.08 bits per heavy atom. The SMILES string of the molecule is COc1cccc2c1O[C@@]1(C)C[C@H]2NC(=S)N1c1cc(C)ccc1C. The molecule has 0 amide bonds. The van der Waals surface area contributed by atoms with Crippen molar-refractivity contribution in [3.63, 3.8) is 0 Å². The van der Waals surface area contributed by atoms with Gasteiger partial charge in [-0.25, -0.2) is 0 Å². The fourth-order valence-electron chi connectivity index (χ4n) is 3.85. The average Bonchev–Trinajstić information content (AvgIpc) is 2.57. The molecule has 5 heteroatoms. The number of hydrogen-bond acceptors (Lipinski definition) is 3. The molecule has 0 aliphatic carbocycles. The summed E-state index contributed by atoms with van der Waals surface area (Å²) in [4.78, 5) is 2.11. The molecule has 130 valence electrons. The van der Waals surface area contributed by atoms with Crippen LogP contribution in [0, 0.1) is 13.8 Å². The van der Waals surface area contributed by atoms with E-state index in [1.165, 1.54) is 11.1 Å². The minimum atomic E-state index is -0.562. The van der Waals surface area contributed by atoms with Gasteiger partial charge in [0.1, 0.15) is 0 Å². The van der Waals surface area contributed by atoms with E-state index in [9.17, 15) is 0 Å². The Kier molecular flexibility index (Phi) is 3.65. The molecule has 1 saturated heterocycles. The van der Waals surface area contributed by atoms with E-state index in [1.54, 1.807) is 7.11 Å². The van der Waals surface area contributed by atoms with Gasteiger partial charge in [-0.15, -0.1) is 0 Å². The molecule has 2 aromatic rings. The molecule has 1 fully saturated rings. The lowest BCUT2D eigenvalue weighted by atomic mass is 9.89. The Morgan fingerprint density at radius 1 is 1.28 bits per heavy atom. The van der Waals surface area contributed by atoms with Crippen LogP contribution in [-0.4, -0.2) is 17.9 Å². The summed E-state index contributed by atoms with van der Waals surface area (Å²) in [7, 11) is 1.67. The van der Waals surface area contributed by atoms with Gasteiger partial charge in [0, 0.05) is 12.0 Å².